The third-order valence-electron chi connectivity index (χ3n) is 3.22. The lowest BCUT2D eigenvalue weighted by Crippen LogP contribution is -1.92. The van der Waals surface area contributed by atoms with E-state index in [1.165, 1.54) is 0 Å². The summed E-state index contributed by atoms with van der Waals surface area (Å²) in [4.78, 5) is 11.1. The van der Waals surface area contributed by atoms with Gasteiger partial charge in [0.15, 0.2) is 6.29 Å². The van der Waals surface area contributed by atoms with Crippen molar-refractivity contribution in [2.75, 3.05) is 7.11 Å². The molecule has 0 N–H and O–H groups in total. The number of para-hydroxylation sites is 1. The van der Waals surface area contributed by atoms with Crippen LogP contribution in [0.2, 0.25) is 0 Å². The Morgan fingerprint density at radius 3 is 2.47 bits per heavy atom. The minimum Gasteiger partial charge on any atom is -0.497 e. The van der Waals surface area contributed by atoms with E-state index in [1.807, 2.05) is 59.3 Å². The van der Waals surface area contributed by atoms with Gasteiger partial charge in [-0.3, -0.25) is 4.79 Å². The van der Waals surface area contributed by atoms with Crippen molar-refractivity contribution in [2.45, 2.75) is 0 Å². The molecule has 0 aliphatic rings. The van der Waals surface area contributed by atoms with Gasteiger partial charge in [-0.25, -0.2) is 0 Å². The van der Waals surface area contributed by atoms with E-state index in [-0.39, 0.29) is 0 Å². The SMILES string of the molecule is COc1ccc(-n2cc(C=O)c3ccccc32)cc1. The molecule has 2 aromatic carbocycles. The number of aromatic nitrogens is 1. The van der Waals surface area contributed by atoms with Crippen molar-refractivity contribution in [3.05, 3.63) is 60.3 Å². The molecule has 3 aromatic rings. The highest BCUT2D eigenvalue weighted by Gasteiger charge is 2.08. The first-order chi connectivity index (χ1) is 9.33. The largest absolute Gasteiger partial charge is 0.497 e. The van der Waals surface area contributed by atoms with Crippen LogP contribution in [0, 0.1) is 0 Å². The topological polar surface area (TPSA) is 31.2 Å². The fourth-order valence-electron chi connectivity index (χ4n) is 2.26. The Kier molecular flexibility index (Phi) is 2.80. The lowest BCUT2D eigenvalue weighted by Gasteiger charge is -2.06. The minimum absolute atomic E-state index is 0.700. The molecule has 94 valence electrons. The van der Waals surface area contributed by atoms with E-state index in [0.717, 1.165) is 28.6 Å². The zero-order valence-electron chi connectivity index (χ0n) is 10.5. The Balaban J connectivity index is 2.21. The summed E-state index contributed by atoms with van der Waals surface area (Å²) in [5.74, 6) is 0.816. The van der Waals surface area contributed by atoms with Crippen molar-refractivity contribution in [2.24, 2.45) is 0 Å². The van der Waals surface area contributed by atoms with Crippen LogP contribution in [0.25, 0.3) is 16.6 Å². The number of methoxy groups -OCH3 is 1. The number of hydrogen-bond donors (Lipinski definition) is 0. The average Bonchev–Trinajstić information content (AvgIpc) is 2.86. The van der Waals surface area contributed by atoms with Gasteiger partial charge in [-0.2, -0.15) is 0 Å². The third kappa shape index (κ3) is 1.89. The van der Waals surface area contributed by atoms with Crippen LogP contribution in [0.1, 0.15) is 10.4 Å². The number of carbonyl (C=O) groups excluding carboxylic acids is 1. The molecule has 0 saturated heterocycles. The zero-order valence-corrected chi connectivity index (χ0v) is 10.5. The van der Waals surface area contributed by atoms with Crippen LogP contribution in [0.15, 0.2) is 54.7 Å². The van der Waals surface area contributed by atoms with Crippen LogP contribution >= 0.6 is 0 Å². The normalized spacial score (nSPS) is 10.6. The molecule has 0 radical (unpaired) electrons. The monoisotopic (exact) mass is 251 g/mol. The first-order valence-electron chi connectivity index (χ1n) is 6.03. The Labute approximate surface area is 111 Å². The summed E-state index contributed by atoms with van der Waals surface area (Å²) in [5, 5.41) is 0.966. The second-order valence-electron chi connectivity index (χ2n) is 4.29. The standard InChI is InChI=1S/C16H13NO2/c1-19-14-8-6-13(7-9-14)17-10-12(11-18)15-4-2-3-5-16(15)17/h2-11H,1H3. The van der Waals surface area contributed by atoms with Gasteiger partial charge in [0.2, 0.25) is 0 Å². The van der Waals surface area contributed by atoms with Gasteiger partial charge in [0.1, 0.15) is 5.75 Å². The number of carbonyl (C=O) groups is 1. The van der Waals surface area contributed by atoms with Crippen LogP contribution in [0.4, 0.5) is 0 Å². The van der Waals surface area contributed by atoms with Gasteiger partial charge in [0, 0.05) is 22.8 Å². The lowest BCUT2D eigenvalue weighted by atomic mass is 10.2. The van der Waals surface area contributed by atoms with E-state index >= 15 is 0 Å². The predicted molar refractivity (Wildman–Crippen MR) is 75.2 cm³/mol. The van der Waals surface area contributed by atoms with Crippen molar-refractivity contribution in [3.8, 4) is 11.4 Å². The second-order valence-corrected chi connectivity index (χ2v) is 4.29. The number of benzene rings is 2. The summed E-state index contributed by atoms with van der Waals surface area (Å²) in [5.41, 5.74) is 2.73. The molecule has 3 heteroatoms. The number of fused-ring (bicyclic) bond motifs is 1. The second kappa shape index (κ2) is 4.61. The summed E-state index contributed by atoms with van der Waals surface area (Å²) in [6.07, 6.45) is 2.75. The lowest BCUT2D eigenvalue weighted by molar-refractivity contribution is 0.112. The number of rotatable bonds is 3. The smallest absolute Gasteiger partial charge is 0.152 e. The van der Waals surface area contributed by atoms with Crippen molar-refractivity contribution in [3.63, 3.8) is 0 Å². The van der Waals surface area contributed by atoms with E-state index in [2.05, 4.69) is 0 Å². The molecule has 0 amide bonds. The maximum absolute atomic E-state index is 11.1. The molecule has 0 atom stereocenters. The fraction of sp³-hybridized carbons (Fsp3) is 0.0625. The molecule has 0 spiro atoms. The Bertz CT molecular complexity index is 726. The molecular weight excluding hydrogens is 238 g/mol. The van der Waals surface area contributed by atoms with E-state index in [1.54, 1.807) is 7.11 Å². The van der Waals surface area contributed by atoms with Crippen LogP contribution in [-0.4, -0.2) is 18.0 Å². The molecule has 1 aromatic heterocycles. The van der Waals surface area contributed by atoms with E-state index < -0.39 is 0 Å². The van der Waals surface area contributed by atoms with Crippen LogP contribution < -0.4 is 4.74 Å². The van der Waals surface area contributed by atoms with E-state index in [9.17, 15) is 4.79 Å². The molecule has 3 nitrogen and oxygen atoms in total. The summed E-state index contributed by atoms with van der Waals surface area (Å²) >= 11 is 0. The summed E-state index contributed by atoms with van der Waals surface area (Å²) in [6, 6.07) is 15.6. The molecule has 0 bridgehead atoms. The van der Waals surface area contributed by atoms with E-state index in [0.29, 0.717) is 5.56 Å². The first kappa shape index (κ1) is 11.5. The highest BCUT2D eigenvalue weighted by atomic mass is 16.5. The van der Waals surface area contributed by atoms with Crippen molar-refractivity contribution >= 4 is 17.2 Å². The predicted octanol–water partition coefficient (Wildman–Crippen LogP) is 3.45. The van der Waals surface area contributed by atoms with Crippen molar-refractivity contribution in [1.29, 1.82) is 0 Å². The molecule has 1 heterocycles. The Morgan fingerprint density at radius 1 is 1.05 bits per heavy atom. The Morgan fingerprint density at radius 2 is 1.79 bits per heavy atom. The van der Waals surface area contributed by atoms with Gasteiger partial charge < -0.3 is 9.30 Å². The van der Waals surface area contributed by atoms with Gasteiger partial charge in [-0.1, -0.05) is 18.2 Å². The van der Waals surface area contributed by atoms with Crippen LogP contribution in [-0.2, 0) is 0 Å². The molecular formula is C16H13NO2. The van der Waals surface area contributed by atoms with Crippen molar-refractivity contribution in [1.82, 2.24) is 4.57 Å². The Hall–Kier alpha value is -2.55. The average molecular weight is 251 g/mol. The maximum atomic E-state index is 11.1. The van der Waals surface area contributed by atoms with E-state index in [4.69, 9.17) is 4.74 Å². The van der Waals surface area contributed by atoms with Gasteiger partial charge >= 0.3 is 0 Å². The quantitative estimate of drug-likeness (QED) is 0.667. The molecule has 3 rings (SSSR count). The van der Waals surface area contributed by atoms with Crippen molar-refractivity contribution < 1.29 is 9.53 Å². The fourth-order valence-corrected chi connectivity index (χ4v) is 2.26. The molecule has 0 unspecified atom stereocenters. The number of ether oxygens (including phenoxy) is 1. The van der Waals surface area contributed by atoms with Gasteiger partial charge in [-0.05, 0) is 30.3 Å². The van der Waals surface area contributed by atoms with Crippen LogP contribution in [0.3, 0.4) is 0 Å². The molecule has 0 aliphatic carbocycles. The summed E-state index contributed by atoms with van der Waals surface area (Å²) in [7, 11) is 1.64. The highest BCUT2D eigenvalue weighted by molar-refractivity contribution is 5.98. The van der Waals surface area contributed by atoms with Gasteiger partial charge in [-0.15, -0.1) is 0 Å². The first-order valence-corrected chi connectivity index (χ1v) is 6.03. The maximum Gasteiger partial charge on any atom is 0.152 e. The number of hydrogen-bond acceptors (Lipinski definition) is 2. The minimum atomic E-state index is 0.700. The highest BCUT2D eigenvalue weighted by Crippen LogP contribution is 2.24. The third-order valence-corrected chi connectivity index (χ3v) is 3.22. The summed E-state index contributed by atoms with van der Waals surface area (Å²) < 4.78 is 7.17. The molecule has 19 heavy (non-hydrogen) atoms. The summed E-state index contributed by atoms with van der Waals surface area (Å²) in [6.45, 7) is 0. The molecule has 0 saturated carbocycles. The molecule has 0 fully saturated rings. The number of aldehydes is 1. The zero-order chi connectivity index (χ0) is 13.2. The van der Waals surface area contributed by atoms with Gasteiger partial charge in [0.05, 0.1) is 12.6 Å². The number of nitrogens with zero attached hydrogens (tertiary/aromatic N) is 1. The molecule has 0 aliphatic heterocycles. The van der Waals surface area contributed by atoms with Gasteiger partial charge in [0.25, 0.3) is 0 Å². The van der Waals surface area contributed by atoms with Crippen LogP contribution in [0.5, 0.6) is 5.75 Å².